The third-order valence-electron chi connectivity index (χ3n) is 6.55. The van der Waals surface area contributed by atoms with E-state index < -0.39 is 23.6 Å². The SMILES string of the molecule is COCCNCC(=O)N[C@H](C(=O)N[C@@H](Cc1ccccc1)[C@H](O)CN(CC(C)C)Sc1ccc(OC)cc1)C(C)(C)C. The number of aliphatic hydroxyl groups excluding tert-OH is 1. The molecule has 0 saturated heterocycles. The Kier molecular flexibility index (Phi) is 15.3. The quantitative estimate of drug-likeness (QED) is 0.152. The lowest BCUT2D eigenvalue weighted by molar-refractivity contribution is -0.132. The molecule has 0 heterocycles. The highest BCUT2D eigenvalue weighted by Gasteiger charge is 2.35. The van der Waals surface area contributed by atoms with Crippen LogP contribution < -0.4 is 20.7 Å². The summed E-state index contributed by atoms with van der Waals surface area (Å²) in [5.74, 6) is 0.543. The molecule has 3 atom stereocenters. The summed E-state index contributed by atoms with van der Waals surface area (Å²) in [6.45, 7) is 12.2. The first kappa shape index (κ1) is 35.6. The Morgan fingerprint density at radius 2 is 1.64 bits per heavy atom. The number of nitrogens with one attached hydrogen (secondary N) is 3. The normalized spacial score (nSPS) is 14.0. The van der Waals surface area contributed by atoms with Crippen LogP contribution in [-0.4, -0.2) is 86.4 Å². The summed E-state index contributed by atoms with van der Waals surface area (Å²) in [6.07, 6.45) is -0.425. The summed E-state index contributed by atoms with van der Waals surface area (Å²) < 4.78 is 12.4. The molecule has 0 bridgehead atoms. The number of hydrogen-bond acceptors (Lipinski definition) is 8. The van der Waals surface area contributed by atoms with Gasteiger partial charge in [0.2, 0.25) is 11.8 Å². The van der Waals surface area contributed by atoms with Crippen molar-refractivity contribution in [1.29, 1.82) is 0 Å². The Bertz CT molecular complexity index is 1060. The highest BCUT2D eigenvalue weighted by molar-refractivity contribution is 7.97. The van der Waals surface area contributed by atoms with E-state index in [-0.39, 0.29) is 18.4 Å². The zero-order valence-corrected chi connectivity index (χ0v) is 27.0. The molecule has 0 aliphatic heterocycles. The first-order valence-electron chi connectivity index (χ1n) is 14.5. The molecule has 0 aliphatic rings. The average Bonchev–Trinajstić information content (AvgIpc) is 2.93. The van der Waals surface area contributed by atoms with Crippen molar-refractivity contribution in [2.75, 3.05) is 47.0 Å². The van der Waals surface area contributed by atoms with Gasteiger partial charge in [0, 0.05) is 31.6 Å². The number of nitrogens with zero attached hydrogens (tertiary/aromatic N) is 1. The van der Waals surface area contributed by atoms with Crippen LogP contribution in [0.3, 0.4) is 0 Å². The van der Waals surface area contributed by atoms with E-state index in [1.807, 2.05) is 75.4 Å². The van der Waals surface area contributed by atoms with Crippen molar-refractivity contribution < 1.29 is 24.2 Å². The highest BCUT2D eigenvalue weighted by atomic mass is 32.2. The smallest absolute Gasteiger partial charge is 0.243 e. The molecule has 0 aromatic heterocycles. The van der Waals surface area contributed by atoms with Crippen molar-refractivity contribution in [1.82, 2.24) is 20.3 Å². The number of aliphatic hydroxyl groups is 1. The molecule has 2 aromatic rings. The monoisotopic (exact) mass is 602 g/mol. The van der Waals surface area contributed by atoms with E-state index in [0.29, 0.717) is 32.0 Å². The molecule has 0 saturated carbocycles. The van der Waals surface area contributed by atoms with Gasteiger partial charge < -0.3 is 30.5 Å². The minimum absolute atomic E-state index is 0.0754. The molecule has 0 radical (unpaired) electrons. The highest BCUT2D eigenvalue weighted by Crippen LogP contribution is 2.27. The fourth-order valence-electron chi connectivity index (χ4n) is 4.36. The molecule has 2 amide bonds. The molecule has 0 fully saturated rings. The third kappa shape index (κ3) is 13.1. The first-order chi connectivity index (χ1) is 19.9. The maximum atomic E-state index is 13.7. The fraction of sp³-hybridized carbons (Fsp3) is 0.562. The van der Waals surface area contributed by atoms with Gasteiger partial charge in [-0.15, -0.1) is 0 Å². The van der Waals surface area contributed by atoms with E-state index in [9.17, 15) is 14.7 Å². The Hall–Kier alpha value is -2.63. The molecule has 234 valence electrons. The maximum absolute atomic E-state index is 13.7. The van der Waals surface area contributed by atoms with Gasteiger partial charge in [0.05, 0.1) is 32.4 Å². The van der Waals surface area contributed by atoms with Gasteiger partial charge in [-0.1, -0.05) is 65.0 Å². The van der Waals surface area contributed by atoms with E-state index in [2.05, 4.69) is 34.1 Å². The lowest BCUT2D eigenvalue weighted by atomic mass is 9.85. The molecular formula is C32H50N4O5S. The van der Waals surface area contributed by atoms with Crippen molar-refractivity contribution in [2.45, 2.75) is 64.1 Å². The van der Waals surface area contributed by atoms with E-state index in [4.69, 9.17) is 9.47 Å². The minimum Gasteiger partial charge on any atom is -0.497 e. The van der Waals surface area contributed by atoms with Crippen LogP contribution in [0.1, 0.15) is 40.2 Å². The summed E-state index contributed by atoms with van der Waals surface area (Å²) in [6, 6.07) is 16.2. The molecule has 0 unspecified atom stereocenters. The predicted molar refractivity (Wildman–Crippen MR) is 169 cm³/mol. The number of benzene rings is 2. The standard InChI is InChI=1S/C32H50N4O5S/c1-23(2)21-36(42-26-15-13-25(41-7)14-16-26)22-28(37)27(19-24-11-9-8-10-12-24)34-31(39)30(32(3,4)5)35-29(38)20-33-17-18-40-6/h8-16,23,27-28,30,33,37H,17-22H2,1-7H3,(H,34,39)(H,35,38)/t27-,28+,30+/m0/s1. The second-order valence-electron chi connectivity index (χ2n) is 11.9. The molecule has 0 spiro atoms. The van der Waals surface area contributed by atoms with Crippen LogP contribution in [0.4, 0.5) is 0 Å². The molecular weight excluding hydrogens is 552 g/mol. The van der Waals surface area contributed by atoms with Crippen LogP contribution in [-0.2, 0) is 20.7 Å². The van der Waals surface area contributed by atoms with Crippen LogP contribution in [0.25, 0.3) is 0 Å². The number of carbonyl (C=O) groups excluding carboxylic acids is 2. The Balaban J connectivity index is 2.22. The second-order valence-corrected chi connectivity index (χ2v) is 13.1. The lowest BCUT2D eigenvalue weighted by Gasteiger charge is -2.34. The molecule has 4 N–H and O–H groups in total. The summed E-state index contributed by atoms with van der Waals surface area (Å²) in [4.78, 5) is 27.4. The summed E-state index contributed by atoms with van der Waals surface area (Å²) in [7, 11) is 3.24. The zero-order valence-electron chi connectivity index (χ0n) is 26.2. The van der Waals surface area contributed by atoms with Crippen LogP contribution in [0, 0.1) is 11.3 Å². The van der Waals surface area contributed by atoms with Gasteiger partial charge in [-0.2, -0.15) is 0 Å². The molecule has 42 heavy (non-hydrogen) atoms. The van der Waals surface area contributed by atoms with Gasteiger partial charge in [-0.25, -0.2) is 4.31 Å². The number of carbonyl (C=O) groups is 2. The maximum Gasteiger partial charge on any atom is 0.243 e. The van der Waals surface area contributed by atoms with Crippen molar-refractivity contribution in [3.05, 3.63) is 60.2 Å². The summed E-state index contributed by atoms with van der Waals surface area (Å²) >= 11 is 1.57. The van der Waals surface area contributed by atoms with Gasteiger partial charge in [-0.3, -0.25) is 9.59 Å². The van der Waals surface area contributed by atoms with E-state index in [1.165, 1.54) is 0 Å². The molecule has 2 rings (SSSR count). The second kappa shape index (κ2) is 18.1. The molecule has 2 aromatic carbocycles. The van der Waals surface area contributed by atoms with E-state index in [1.54, 1.807) is 26.2 Å². The third-order valence-corrected chi connectivity index (χ3v) is 7.59. The van der Waals surface area contributed by atoms with Crippen molar-refractivity contribution in [3.63, 3.8) is 0 Å². The van der Waals surface area contributed by atoms with Gasteiger partial charge in [0.25, 0.3) is 0 Å². The van der Waals surface area contributed by atoms with Gasteiger partial charge in [-0.05, 0) is 59.5 Å². The van der Waals surface area contributed by atoms with Crippen LogP contribution >= 0.6 is 11.9 Å². The average molecular weight is 603 g/mol. The van der Waals surface area contributed by atoms with Crippen molar-refractivity contribution in [2.24, 2.45) is 11.3 Å². The molecule has 9 nitrogen and oxygen atoms in total. The number of amides is 2. The Morgan fingerprint density at radius 1 is 0.976 bits per heavy atom. The zero-order chi connectivity index (χ0) is 31.1. The number of methoxy groups -OCH3 is 2. The Morgan fingerprint density at radius 3 is 2.21 bits per heavy atom. The van der Waals surface area contributed by atoms with Gasteiger partial charge in [0.15, 0.2) is 0 Å². The number of ether oxygens (including phenoxy) is 2. The lowest BCUT2D eigenvalue weighted by Crippen LogP contribution is -2.59. The fourth-order valence-corrected chi connectivity index (χ4v) is 5.51. The Labute approximate surface area is 256 Å². The van der Waals surface area contributed by atoms with Crippen LogP contribution in [0.5, 0.6) is 5.75 Å². The first-order valence-corrected chi connectivity index (χ1v) is 15.3. The number of hydrogen-bond donors (Lipinski definition) is 4. The van der Waals surface area contributed by atoms with Crippen LogP contribution in [0.2, 0.25) is 0 Å². The van der Waals surface area contributed by atoms with Gasteiger partial charge >= 0.3 is 0 Å². The minimum atomic E-state index is -0.870. The van der Waals surface area contributed by atoms with Gasteiger partial charge in [0.1, 0.15) is 11.8 Å². The largest absolute Gasteiger partial charge is 0.497 e. The van der Waals surface area contributed by atoms with Crippen molar-refractivity contribution >= 4 is 23.8 Å². The summed E-state index contributed by atoms with van der Waals surface area (Å²) in [5.41, 5.74) is 0.446. The molecule has 0 aliphatic carbocycles. The van der Waals surface area contributed by atoms with E-state index >= 15 is 0 Å². The number of rotatable bonds is 18. The predicted octanol–water partition coefficient (Wildman–Crippen LogP) is 3.52. The van der Waals surface area contributed by atoms with Crippen LogP contribution in [0.15, 0.2) is 59.5 Å². The van der Waals surface area contributed by atoms with Crippen molar-refractivity contribution in [3.8, 4) is 5.75 Å². The molecule has 10 heteroatoms. The van der Waals surface area contributed by atoms with E-state index in [0.717, 1.165) is 22.8 Å². The summed E-state index contributed by atoms with van der Waals surface area (Å²) in [5, 5.41) is 20.6. The topological polar surface area (TPSA) is 112 Å².